The average Bonchev–Trinajstić information content (AvgIpc) is 2.78. The van der Waals surface area contributed by atoms with E-state index in [1.165, 1.54) is 0 Å². The highest BCUT2D eigenvalue weighted by atomic mass is 35.5. The number of rotatable bonds is 5. The van der Waals surface area contributed by atoms with E-state index in [0.29, 0.717) is 25.1 Å². The van der Waals surface area contributed by atoms with Crippen molar-refractivity contribution in [2.45, 2.75) is 31.6 Å². The Kier molecular flexibility index (Phi) is 5.01. The minimum absolute atomic E-state index is 0.0169. The maximum Gasteiger partial charge on any atom is 0.338 e. The summed E-state index contributed by atoms with van der Waals surface area (Å²) in [6.07, 6.45) is 2.22. The first kappa shape index (κ1) is 14.9. The van der Waals surface area contributed by atoms with Crippen LogP contribution in [0.15, 0.2) is 24.3 Å². The SMILES string of the molecule is CCCCOC(=O)c1ccc(N2CC(Cl)CC2=O)cc1. The Bertz CT molecular complexity index is 486. The molecule has 4 nitrogen and oxygen atoms in total. The zero-order valence-electron chi connectivity index (χ0n) is 11.5. The number of hydrogen-bond donors (Lipinski definition) is 0. The lowest BCUT2D eigenvalue weighted by Crippen LogP contribution is -2.24. The van der Waals surface area contributed by atoms with Crippen molar-refractivity contribution >= 4 is 29.2 Å². The second-order valence-corrected chi connectivity index (χ2v) is 5.46. The third-order valence-corrected chi connectivity index (χ3v) is 3.52. The number of halogens is 1. The molecule has 5 heteroatoms. The van der Waals surface area contributed by atoms with Gasteiger partial charge in [0.25, 0.3) is 0 Å². The van der Waals surface area contributed by atoms with Gasteiger partial charge in [-0.1, -0.05) is 13.3 Å². The van der Waals surface area contributed by atoms with Crippen molar-refractivity contribution in [2.24, 2.45) is 0 Å². The highest BCUT2D eigenvalue weighted by Crippen LogP contribution is 2.24. The molecule has 20 heavy (non-hydrogen) atoms. The number of amides is 1. The number of nitrogens with zero attached hydrogens (tertiary/aromatic N) is 1. The van der Waals surface area contributed by atoms with Gasteiger partial charge < -0.3 is 9.64 Å². The van der Waals surface area contributed by atoms with E-state index in [1.807, 2.05) is 6.92 Å². The molecule has 0 aliphatic carbocycles. The number of carbonyl (C=O) groups is 2. The van der Waals surface area contributed by atoms with Crippen LogP contribution in [0, 0.1) is 0 Å². The van der Waals surface area contributed by atoms with E-state index in [1.54, 1.807) is 29.2 Å². The van der Waals surface area contributed by atoms with Crippen LogP contribution in [0.5, 0.6) is 0 Å². The summed E-state index contributed by atoms with van der Waals surface area (Å²) >= 11 is 5.97. The fraction of sp³-hybridized carbons (Fsp3) is 0.467. The van der Waals surface area contributed by atoms with Gasteiger partial charge in [-0.3, -0.25) is 4.79 Å². The van der Waals surface area contributed by atoms with Crippen LogP contribution >= 0.6 is 11.6 Å². The summed E-state index contributed by atoms with van der Waals surface area (Å²) in [7, 11) is 0. The van der Waals surface area contributed by atoms with Gasteiger partial charge in [0, 0.05) is 18.7 Å². The quantitative estimate of drug-likeness (QED) is 0.476. The van der Waals surface area contributed by atoms with E-state index >= 15 is 0 Å². The van der Waals surface area contributed by atoms with Gasteiger partial charge in [0.15, 0.2) is 0 Å². The summed E-state index contributed by atoms with van der Waals surface area (Å²) in [6, 6.07) is 6.86. The molecule has 2 rings (SSSR count). The number of esters is 1. The van der Waals surface area contributed by atoms with Gasteiger partial charge >= 0.3 is 5.97 Å². The summed E-state index contributed by atoms with van der Waals surface area (Å²) in [6.45, 7) is 3.00. The highest BCUT2D eigenvalue weighted by Gasteiger charge is 2.29. The van der Waals surface area contributed by atoms with Gasteiger partial charge in [0.2, 0.25) is 5.91 Å². The van der Waals surface area contributed by atoms with Crippen molar-refractivity contribution in [3.05, 3.63) is 29.8 Å². The molecule has 1 aliphatic rings. The average molecular weight is 296 g/mol. The lowest BCUT2D eigenvalue weighted by atomic mass is 10.2. The lowest BCUT2D eigenvalue weighted by Gasteiger charge is -2.16. The molecule has 1 unspecified atom stereocenters. The molecule has 1 heterocycles. The van der Waals surface area contributed by atoms with Crippen molar-refractivity contribution in [3.63, 3.8) is 0 Å². The van der Waals surface area contributed by atoms with Crippen molar-refractivity contribution in [3.8, 4) is 0 Å². The number of anilines is 1. The van der Waals surface area contributed by atoms with Crippen LogP contribution in [-0.4, -0.2) is 30.4 Å². The molecular weight excluding hydrogens is 278 g/mol. The summed E-state index contributed by atoms with van der Waals surface area (Å²) < 4.78 is 5.13. The van der Waals surface area contributed by atoms with E-state index in [9.17, 15) is 9.59 Å². The summed E-state index contributed by atoms with van der Waals surface area (Å²) in [4.78, 5) is 25.1. The Morgan fingerprint density at radius 1 is 1.40 bits per heavy atom. The molecule has 0 N–H and O–H groups in total. The number of carbonyl (C=O) groups excluding carboxylic acids is 2. The maximum absolute atomic E-state index is 11.7. The minimum Gasteiger partial charge on any atom is -0.462 e. The molecule has 1 saturated heterocycles. The van der Waals surface area contributed by atoms with E-state index in [2.05, 4.69) is 0 Å². The van der Waals surface area contributed by atoms with Gasteiger partial charge in [-0.15, -0.1) is 11.6 Å². The maximum atomic E-state index is 11.7. The van der Waals surface area contributed by atoms with Crippen molar-refractivity contribution in [1.29, 1.82) is 0 Å². The second kappa shape index (κ2) is 6.75. The summed E-state index contributed by atoms with van der Waals surface area (Å²) in [5, 5.41) is -0.138. The third kappa shape index (κ3) is 3.51. The molecule has 1 amide bonds. The third-order valence-electron chi connectivity index (χ3n) is 3.22. The van der Waals surface area contributed by atoms with Gasteiger partial charge in [-0.25, -0.2) is 4.79 Å². The molecule has 0 bridgehead atoms. The van der Waals surface area contributed by atoms with Crippen LogP contribution in [0.1, 0.15) is 36.5 Å². The second-order valence-electron chi connectivity index (χ2n) is 4.84. The predicted octanol–water partition coefficient (Wildman–Crippen LogP) is 2.99. The standard InChI is InChI=1S/C15H18ClNO3/c1-2-3-8-20-15(19)11-4-6-13(7-5-11)17-10-12(16)9-14(17)18/h4-7,12H,2-3,8-10H2,1H3. The van der Waals surface area contributed by atoms with Crippen LogP contribution in [0.2, 0.25) is 0 Å². The smallest absolute Gasteiger partial charge is 0.338 e. The molecule has 1 aromatic rings. The molecule has 1 atom stereocenters. The molecule has 108 valence electrons. The van der Waals surface area contributed by atoms with Crippen LogP contribution in [0.4, 0.5) is 5.69 Å². The van der Waals surface area contributed by atoms with E-state index in [4.69, 9.17) is 16.3 Å². The summed E-state index contributed by atoms with van der Waals surface area (Å²) in [5.74, 6) is -0.309. The highest BCUT2D eigenvalue weighted by molar-refractivity contribution is 6.24. The fourth-order valence-corrected chi connectivity index (χ4v) is 2.35. The van der Waals surface area contributed by atoms with Crippen LogP contribution in [0.3, 0.4) is 0 Å². The van der Waals surface area contributed by atoms with Crippen LogP contribution in [-0.2, 0) is 9.53 Å². The van der Waals surface area contributed by atoms with E-state index < -0.39 is 0 Å². The van der Waals surface area contributed by atoms with Gasteiger partial charge in [-0.2, -0.15) is 0 Å². The largest absolute Gasteiger partial charge is 0.462 e. The first-order valence-corrected chi connectivity index (χ1v) is 7.27. The van der Waals surface area contributed by atoms with Crippen molar-refractivity contribution in [1.82, 2.24) is 0 Å². The first-order valence-electron chi connectivity index (χ1n) is 6.83. The number of alkyl halides is 1. The molecule has 0 aromatic heterocycles. The first-order chi connectivity index (χ1) is 9.61. The molecule has 1 fully saturated rings. The topological polar surface area (TPSA) is 46.6 Å². The molecule has 0 radical (unpaired) electrons. The zero-order chi connectivity index (χ0) is 14.5. The van der Waals surface area contributed by atoms with Crippen LogP contribution < -0.4 is 4.90 Å². The zero-order valence-corrected chi connectivity index (χ0v) is 12.2. The van der Waals surface area contributed by atoms with Crippen molar-refractivity contribution < 1.29 is 14.3 Å². The number of ether oxygens (including phenoxy) is 1. The Labute approximate surface area is 123 Å². The monoisotopic (exact) mass is 295 g/mol. The lowest BCUT2D eigenvalue weighted by molar-refractivity contribution is -0.117. The Morgan fingerprint density at radius 2 is 2.10 bits per heavy atom. The molecule has 0 spiro atoms. The fourth-order valence-electron chi connectivity index (χ4n) is 2.08. The molecule has 1 aliphatic heterocycles. The Hall–Kier alpha value is -1.55. The van der Waals surface area contributed by atoms with Crippen LogP contribution in [0.25, 0.3) is 0 Å². The molecule has 0 saturated carbocycles. The van der Waals surface area contributed by atoms with Gasteiger partial charge in [-0.05, 0) is 30.7 Å². The van der Waals surface area contributed by atoms with Crippen molar-refractivity contribution in [2.75, 3.05) is 18.1 Å². The number of benzene rings is 1. The van der Waals surface area contributed by atoms with Gasteiger partial charge in [0.1, 0.15) is 0 Å². The Morgan fingerprint density at radius 3 is 2.65 bits per heavy atom. The predicted molar refractivity (Wildman–Crippen MR) is 78.2 cm³/mol. The Balaban J connectivity index is 1.99. The van der Waals surface area contributed by atoms with Gasteiger partial charge in [0.05, 0.1) is 17.5 Å². The van der Waals surface area contributed by atoms with E-state index in [0.717, 1.165) is 18.5 Å². The normalized spacial score (nSPS) is 18.4. The summed E-state index contributed by atoms with van der Waals surface area (Å²) in [5.41, 5.74) is 1.27. The van der Waals surface area contributed by atoms with E-state index in [-0.39, 0.29) is 17.3 Å². The number of hydrogen-bond acceptors (Lipinski definition) is 3. The molecule has 1 aromatic carbocycles. The number of unbranched alkanes of at least 4 members (excludes halogenated alkanes) is 1. The minimum atomic E-state index is -0.326. The molecular formula is C15H18ClNO3.